The predicted molar refractivity (Wildman–Crippen MR) is 132 cm³/mol. The lowest BCUT2D eigenvalue weighted by molar-refractivity contribution is -0.140. The van der Waals surface area contributed by atoms with E-state index in [1.165, 1.54) is 4.90 Å². The maximum Gasteiger partial charge on any atom is 0.295 e. The van der Waals surface area contributed by atoms with Crippen LogP contribution < -0.4 is 9.47 Å². The number of aliphatic hydroxyl groups excluding tert-OH is 1. The number of hydrogen-bond acceptors (Lipinski definition) is 6. The molecular formula is C28H26N2O5. The van der Waals surface area contributed by atoms with E-state index >= 15 is 0 Å². The highest BCUT2D eigenvalue weighted by molar-refractivity contribution is 6.46. The molecule has 1 atom stereocenters. The fourth-order valence-corrected chi connectivity index (χ4v) is 4.07. The summed E-state index contributed by atoms with van der Waals surface area (Å²) in [5, 5.41) is 11.3. The number of aliphatic hydroxyl groups is 1. The van der Waals surface area contributed by atoms with Crippen molar-refractivity contribution in [2.24, 2.45) is 0 Å². The number of rotatable bonds is 9. The summed E-state index contributed by atoms with van der Waals surface area (Å²) < 4.78 is 11.3. The topological polar surface area (TPSA) is 89.0 Å². The standard InChI is InChI=1S/C28H26N2O5/c1-3-16-35-21-13-11-20(12-14-21)26(31)24-25(22-9-5-6-10-23(22)34-4-2)30(28(33)27(24)32)18-19-8-7-15-29-17-19/h3,5-15,17,25,31H,1,4,16,18H2,2H3/b26-24+. The van der Waals surface area contributed by atoms with E-state index in [1.54, 1.807) is 60.9 Å². The number of benzene rings is 2. The lowest BCUT2D eigenvalue weighted by atomic mass is 9.94. The zero-order chi connectivity index (χ0) is 24.8. The molecule has 1 saturated heterocycles. The van der Waals surface area contributed by atoms with Crippen LogP contribution in [0.4, 0.5) is 0 Å². The number of likely N-dealkylation sites (tertiary alicyclic amines) is 1. The molecule has 0 saturated carbocycles. The van der Waals surface area contributed by atoms with Crippen LogP contribution in [0.1, 0.15) is 29.7 Å². The van der Waals surface area contributed by atoms with Gasteiger partial charge in [0.05, 0.1) is 18.2 Å². The van der Waals surface area contributed by atoms with Crippen LogP contribution in [0.15, 0.2) is 91.3 Å². The molecule has 2 aromatic carbocycles. The van der Waals surface area contributed by atoms with E-state index in [0.29, 0.717) is 35.8 Å². The van der Waals surface area contributed by atoms with Crippen LogP contribution in [0.5, 0.6) is 11.5 Å². The monoisotopic (exact) mass is 470 g/mol. The molecule has 0 radical (unpaired) electrons. The van der Waals surface area contributed by atoms with Crippen molar-refractivity contribution >= 4 is 17.4 Å². The molecular weight excluding hydrogens is 444 g/mol. The molecule has 1 unspecified atom stereocenters. The highest BCUT2D eigenvalue weighted by atomic mass is 16.5. The molecule has 4 rings (SSSR count). The first kappa shape index (κ1) is 23.8. The van der Waals surface area contributed by atoms with Gasteiger partial charge in [-0.25, -0.2) is 0 Å². The van der Waals surface area contributed by atoms with Gasteiger partial charge in [-0.05, 0) is 48.9 Å². The quantitative estimate of drug-likeness (QED) is 0.212. The first-order valence-corrected chi connectivity index (χ1v) is 11.3. The average molecular weight is 471 g/mol. The molecule has 7 heteroatoms. The molecule has 1 aliphatic heterocycles. The van der Waals surface area contributed by atoms with E-state index in [4.69, 9.17) is 9.47 Å². The van der Waals surface area contributed by atoms with Gasteiger partial charge in [0.2, 0.25) is 0 Å². The Kier molecular flexibility index (Phi) is 7.26. The number of Topliss-reactive ketones (excluding diaryl/α,β-unsaturated/α-hetero) is 1. The molecule has 3 aromatic rings. The van der Waals surface area contributed by atoms with Gasteiger partial charge in [0.25, 0.3) is 11.7 Å². The summed E-state index contributed by atoms with van der Waals surface area (Å²) in [5.74, 6) is -0.579. The minimum Gasteiger partial charge on any atom is -0.507 e. The maximum absolute atomic E-state index is 13.3. The number of ketones is 1. The smallest absolute Gasteiger partial charge is 0.295 e. The Morgan fingerprint density at radius 3 is 2.54 bits per heavy atom. The summed E-state index contributed by atoms with van der Waals surface area (Å²) in [5.41, 5.74) is 1.78. The van der Waals surface area contributed by atoms with Gasteiger partial charge in [-0.2, -0.15) is 0 Å². The Labute approximate surface area is 203 Å². The fraction of sp³-hybridized carbons (Fsp3) is 0.179. The van der Waals surface area contributed by atoms with Crippen LogP contribution in [0, 0.1) is 0 Å². The zero-order valence-electron chi connectivity index (χ0n) is 19.4. The Morgan fingerprint density at radius 1 is 1.09 bits per heavy atom. The number of pyridine rings is 1. The Balaban J connectivity index is 1.83. The van der Waals surface area contributed by atoms with E-state index < -0.39 is 17.7 Å². The average Bonchev–Trinajstić information content (AvgIpc) is 3.13. The van der Waals surface area contributed by atoms with Crippen LogP contribution >= 0.6 is 0 Å². The molecule has 0 bridgehead atoms. The predicted octanol–water partition coefficient (Wildman–Crippen LogP) is 4.67. The van der Waals surface area contributed by atoms with Crippen LogP contribution in [-0.2, 0) is 16.1 Å². The zero-order valence-corrected chi connectivity index (χ0v) is 19.4. The van der Waals surface area contributed by atoms with E-state index in [1.807, 2.05) is 25.1 Å². The van der Waals surface area contributed by atoms with Crippen molar-refractivity contribution in [3.8, 4) is 11.5 Å². The molecule has 1 amide bonds. The Bertz CT molecular complexity index is 1250. The maximum atomic E-state index is 13.3. The Morgan fingerprint density at radius 2 is 1.86 bits per heavy atom. The van der Waals surface area contributed by atoms with Crippen LogP contribution in [0.25, 0.3) is 5.76 Å². The van der Waals surface area contributed by atoms with Crippen LogP contribution in [0.2, 0.25) is 0 Å². The summed E-state index contributed by atoms with van der Waals surface area (Å²) >= 11 is 0. The molecule has 1 aromatic heterocycles. The van der Waals surface area contributed by atoms with E-state index in [-0.39, 0.29) is 17.9 Å². The number of hydrogen-bond donors (Lipinski definition) is 1. The number of carbonyl (C=O) groups excluding carboxylic acids is 2. The van der Waals surface area contributed by atoms with Gasteiger partial charge in [0.15, 0.2) is 0 Å². The lowest BCUT2D eigenvalue weighted by Gasteiger charge is -2.26. The van der Waals surface area contributed by atoms with Crippen molar-refractivity contribution in [2.45, 2.75) is 19.5 Å². The minimum absolute atomic E-state index is 0.00537. The second-order valence-electron chi connectivity index (χ2n) is 7.88. The van der Waals surface area contributed by atoms with Gasteiger partial charge in [0.1, 0.15) is 23.9 Å². The van der Waals surface area contributed by atoms with Gasteiger partial charge < -0.3 is 19.5 Å². The second kappa shape index (κ2) is 10.7. The van der Waals surface area contributed by atoms with Crippen LogP contribution in [0.3, 0.4) is 0 Å². The molecule has 178 valence electrons. The summed E-state index contributed by atoms with van der Waals surface area (Å²) in [7, 11) is 0. The fourth-order valence-electron chi connectivity index (χ4n) is 4.07. The molecule has 0 aliphatic carbocycles. The van der Waals surface area contributed by atoms with Gasteiger partial charge >= 0.3 is 0 Å². The third kappa shape index (κ3) is 4.94. The van der Waals surface area contributed by atoms with Crippen molar-refractivity contribution in [2.75, 3.05) is 13.2 Å². The SMILES string of the molecule is C=CCOc1ccc(/C(O)=C2\C(=O)C(=O)N(Cc3cccnc3)C2c2ccccc2OCC)cc1. The largest absolute Gasteiger partial charge is 0.507 e. The summed E-state index contributed by atoms with van der Waals surface area (Å²) in [6.45, 7) is 6.39. The number of nitrogens with zero attached hydrogens (tertiary/aromatic N) is 2. The van der Waals surface area contributed by atoms with Crippen LogP contribution in [-0.4, -0.2) is 39.9 Å². The number of carbonyl (C=O) groups is 2. The summed E-state index contributed by atoms with van der Waals surface area (Å²) in [6, 6.07) is 16.7. The second-order valence-corrected chi connectivity index (χ2v) is 7.88. The highest BCUT2D eigenvalue weighted by Crippen LogP contribution is 2.43. The third-order valence-corrected chi connectivity index (χ3v) is 5.62. The first-order valence-electron chi connectivity index (χ1n) is 11.3. The van der Waals surface area contributed by atoms with Crippen molar-refractivity contribution in [3.05, 3.63) is 108 Å². The lowest BCUT2D eigenvalue weighted by Crippen LogP contribution is -2.29. The molecule has 2 heterocycles. The third-order valence-electron chi connectivity index (χ3n) is 5.62. The molecule has 7 nitrogen and oxygen atoms in total. The van der Waals surface area contributed by atoms with E-state index in [0.717, 1.165) is 5.56 Å². The number of amides is 1. The summed E-state index contributed by atoms with van der Waals surface area (Å²) in [4.78, 5) is 32.1. The molecule has 35 heavy (non-hydrogen) atoms. The van der Waals surface area contributed by atoms with Crippen molar-refractivity contribution in [1.29, 1.82) is 0 Å². The summed E-state index contributed by atoms with van der Waals surface area (Å²) in [6.07, 6.45) is 4.92. The van der Waals surface area contributed by atoms with Crippen molar-refractivity contribution in [1.82, 2.24) is 9.88 Å². The normalized spacial score (nSPS) is 16.8. The van der Waals surface area contributed by atoms with Crippen molar-refractivity contribution < 1.29 is 24.2 Å². The molecule has 0 spiro atoms. The van der Waals surface area contributed by atoms with Gasteiger partial charge in [-0.3, -0.25) is 14.6 Å². The Hall–Kier alpha value is -4.39. The van der Waals surface area contributed by atoms with Crippen molar-refractivity contribution in [3.63, 3.8) is 0 Å². The number of aromatic nitrogens is 1. The molecule has 1 N–H and O–H groups in total. The van der Waals surface area contributed by atoms with E-state index in [2.05, 4.69) is 11.6 Å². The van der Waals surface area contributed by atoms with Gasteiger partial charge in [-0.15, -0.1) is 0 Å². The van der Waals surface area contributed by atoms with Gasteiger partial charge in [0, 0.05) is 30.1 Å². The highest BCUT2D eigenvalue weighted by Gasteiger charge is 2.47. The number of ether oxygens (including phenoxy) is 2. The van der Waals surface area contributed by atoms with Gasteiger partial charge in [-0.1, -0.05) is 36.9 Å². The number of para-hydroxylation sites is 1. The molecule has 1 fully saturated rings. The molecule has 1 aliphatic rings. The minimum atomic E-state index is -0.838. The first-order chi connectivity index (χ1) is 17.0. The van der Waals surface area contributed by atoms with E-state index in [9.17, 15) is 14.7 Å².